The fourth-order valence-electron chi connectivity index (χ4n) is 2.55. The van der Waals surface area contributed by atoms with E-state index in [-0.39, 0.29) is 11.7 Å². The molecular weight excluding hydrogens is 352 g/mol. The van der Waals surface area contributed by atoms with Gasteiger partial charge in [-0.25, -0.2) is 0 Å². The zero-order valence-corrected chi connectivity index (χ0v) is 16.1. The molecule has 3 aromatic heterocycles. The molecule has 0 radical (unpaired) electrons. The molecule has 0 aliphatic rings. The van der Waals surface area contributed by atoms with Gasteiger partial charge in [-0.05, 0) is 25.0 Å². The fourth-order valence-corrected chi connectivity index (χ4v) is 3.30. The number of rotatable bonds is 7. The molecule has 0 spiro atoms. The normalized spacial score (nSPS) is 11.3. The van der Waals surface area contributed by atoms with E-state index in [2.05, 4.69) is 34.5 Å². The molecule has 0 unspecified atom stereocenters. The molecule has 0 fully saturated rings. The molecule has 0 aliphatic heterocycles. The van der Waals surface area contributed by atoms with E-state index < -0.39 is 0 Å². The Morgan fingerprint density at radius 2 is 2.19 bits per heavy atom. The summed E-state index contributed by atoms with van der Waals surface area (Å²) in [6.45, 7) is 6.87. The van der Waals surface area contributed by atoms with Crippen LogP contribution in [0.25, 0.3) is 11.6 Å². The Morgan fingerprint density at radius 1 is 1.38 bits per heavy atom. The standard InChI is InChI=1S/C17H22N6O2S/c1-11(2)9-23-16(13-6-5-7-25-13)19-20-17(23)26-10-15(24)18-14-8-12(3)21-22(14)4/h5-8,11H,9-10H2,1-4H3,(H,18,24). The van der Waals surface area contributed by atoms with Gasteiger partial charge < -0.3 is 9.73 Å². The maximum atomic E-state index is 12.3. The number of nitrogens with one attached hydrogen (secondary N) is 1. The van der Waals surface area contributed by atoms with E-state index in [0.717, 1.165) is 12.2 Å². The Kier molecular flexibility index (Phi) is 5.46. The second-order valence-electron chi connectivity index (χ2n) is 6.42. The summed E-state index contributed by atoms with van der Waals surface area (Å²) in [6.07, 6.45) is 1.61. The molecule has 0 bridgehead atoms. The van der Waals surface area contributed by atoms with E-state index in [0.29, 0.717) is 28.5 Å². The minimum atomic E-state index is -0.114. The molecule has 138 valence electrons. The topological polar surface area (TPSA) is 90.8 Å². The van der Waals surface area contributed by atoms with Gasteiger partial charge in [-0.1, -0.05) is 25.6 Å². The lowest BCUT2D eigenvalue weighted by atomic mass is 10.2. The van der Waals surface area contributed by atoms with Gasteiger partial charge in [-0.15, -0.1) is 10.2 Å². The van der Waals surface area contributed by atoms with Crippen LogP contribution < -0.4 is 5.32 Å². The number of aromatic nitrogens is 5. The van der Waals surface area contributed by atoms with Crippen LogP contribution in [0.1, 0.15) is 19.5 Å². The number of amides is 1. The number of hydrogen-bond acceptors (Lipinski definition) is 6. The third-order valence-electron chi connectivity index (χ3n) is 3.61. The highest BCUT2D eigenvalue weighted by molar-refractivity contribution is 7.99. The van der Waals surface area contributed by atoms with Crippen molar-refractivity contribution in [1.82, 2.24) is 24.5 Å². The van der Waals surface area contributed by atoms with Crippen LogP contribution in [0.3, 0.4) is 0 Å². The predicted octanol–water partition coefficient (Wildman–Crippen LogP) is 2.97. The smallest absolute Gasteiger partial charge is 0.235 e. The van der Waals surface area contributed by atoms with E-state index in [1.165, 1.54) is 11.8 Å². The monoisotopic (exact) mass is 374 g/mol. The van der Waals surface area contributed by atoms with Gasteiger partial charge in [-0.2, -0.15) is 5.10 Å². The van der Waals surface area contributed by atoms with Gasteiger partial charge in [0.05, 0.1) is 17.7 Å². The van der Waals surface area contributed by atoms with E-state index in [1.54, 1.807) is 18.0 Å². The van der Waals surface area contributed by atoms with Crippen LogP contribution in [0.4, 0.5) is 5.82 Å². The number of carbonyl (C=O) groups is 1. The number of hydrogen-bond donors (Lipinski definition) is 1. The van der Waals surface area contributed by atoms with Crippen molar-refractivity contribution in [3.05, 3.63) is 30.2 Å². The molecule has 1 amide bonds. The summed E-state index contributed by atoms with van der Waals surface area (Å²) in [6, 6.07) is 5.51. The van der Waals surface area contributed by atoms with Gasteiger partial charge in [0.2, 0.25) is 5.91 Å². The second-order valence-corrected chi connectivity index (χ2v) is 7.36. The number of furan rings is 1. The van der Waals surface area contributed by atoms with E-state index >= 15 is 0 Å². The Hall–Kier alpha value is -2.55. The van der Waals surface area contributed by atoms with E-state index in [9.17, 15) is 4.79 Å². The average Bonchev–Trinajstić information content (AvgIpc) is 3.27. The minimum Gasteiger partial charge on any atom is -0.461 e. The molecule has 0 atom stereocenters. The van der Waals surface area contributed by atoms with Crippen LogP contribution in [-0.2, 0) is 18.4 Å². The van der Waals surface area contributed by atoms with Crippen LogP contribution in [0.2, 0.25) is 0 Å². The number of carbonyl (C=O) groups excluding carboxylic acids is 1. The lowest BCUT2D eigenvalue weighted by Crippen LogP contribution is -2.17. The number of anilines is 1. The van der Waals surface area contributed by atoms with Crippen LogP contribution >= 0.6 is 11.8 Å². The van der Waals surface area contributed by atoms with Crippen LogP contribution in [0.15, 0.2) is 34.0 Å². The van der Waals surface area contributed by atoms with E-state index in [4.69, 9.17) is 4.42 Å². The molecule has 1 N–H and O–H groups in total. The van der Waals surface area contributed by atoms with Crippen molar-refractivity contribution in [2.45, 2.75) is 32.5 Å². The highest BCUT2D eigenvalue weighted by Crippen LogP contribution is 2.25. The molecule has 0 aromatic carbocycles. The molecule has 3 aromatic rings. The van der Waals surface area contributed by atoms with Gasteiger partial charge in [0.15, 0.2) is 16.7 Å². The maximum absolute atomic E-state index is 12.3. The lowest BCUT2D eigenvalue weighted by molar-refractivity contribution is -0.113. The van der Waals surface area contributed by atoms with Crippen molar-refractivity contribution in [3.63, 3.8) is 0 Å². The first kappa shape index (κ1) is 18.2. The van der Waals surface area contributed by atoms with Crippen molar-refractivity contribution in [2.75, 3.05) is 11.1 Å². The molecule has 26 heavy (non-hydrogen) atoms. The number of aryl methyl sites for hydroxylation is 2. The van der Waals surface area contributed by atoms with Crippen molar-refractivity contribution in [3.8, 4) is 11.6 Å². The van der Waals surface area contributed by atoms with Crippen molar-refractivity contribution in [2.24, 2.45) is 13.0 Å². The summed E-state index contributed by atoms with van der Waals surface area (Å²) >= 11 is 1.35. The van der Waals surface area contributed by atoms with Crippen molar-refractivity contribution < 1.29 is 9.21 Å². The molecule has 0 saturated carbocycles. The molecule has 3 heterocycles. The quantitative estimate of drug-likeness (QED) is 0.639. The molecular formula is C17H22N6O2S. The molecule has 0 saturated heterocycles. The molecule has 9 heteroatoms. The van der Waals surface area contributed by atoms with Crippen LogP contribution in [0.5, 0.6) is 0 Å². The van der Waals surface area contributed by atoms with Gasteiger partial charge in [0, 0.05) is 19.7 Å². The van der Waals surface area contributed by atoms with Crippen LogP contribution in [0, 0.1) is 12.8 Å². The van der Waals surface area contributed by atoms with Crippen molar-refractivity contribution >= 4 is 23.5 Å². The van der Waals surface area contributed by atoms with Gasteiger partial charge in [0.25, 0.3) is 0 Å². The molecule has 3 rings (SSSR count). The van der Waals surface area contributed by atoms with Gasteiger partial charge in [0.1, 0.15) is 5.82 Å². The third-order valence-corrected chi connectivity index (χ3v) is 4.57. The first-order chi connectivity index (χ1) is 12.4. The number of thioether (sulfide) groups is 1. The third kappa shape index (κ3) is 4.16. The number of nitrogens with zero attached hydrogens (tertiary/aromatic N) is 5. The van der Waals surface area contributed by atoms with Crippen LogP contribution in [-0.4, -0.2) is 36.2 Å². The highest BCUT2D eigenvalue weighted by atomic mass is 32.2. The second kappa shape index (κ2) is 7.77. The first-order valence-electron chi connectivity index (χ1n) is 8.34. The Bertz CT molecular complexity index is 881. The highest BCUT2D eigenvalue weighted by Gasteiger charge is 2.18. The SMILES string of the molecule is Cc1cc(NC(=O)CSc2nnc(-c3ccco3)n2CC(C)C)n(C)n1. The summed E-state index contributed by atoms with van der Waals surface area (Å²) in [5, 5.41) is 16.3. The van der Waals surface area contributed by atoms with Crippen molar-refractivity contribution in [1.29, 1.82) is 0 Å². The Labute approximate surface area is 156 Å². The zero-order valence-electron chi connectivity index (χ0n) is 15.3. The summed E-state index contributed by atoms with van der Waals surface area (Å²) in [5.41, 5.74) is 0.857. The Morgan fingerprint density at radius 3 is 2.81 bits per heavy atom. The summed E-state index contributed by atoms with van der Waals surface area (Å²) in [7, 11) is 1.80. The molecule has 8 nitrogen and oxygen atoms in total. The summed E-state index contributed by atoms with van der Waals surface area (Å²) in [5.74, 6) is 2.54. The lowest BCUT2D eigenvalue weighted by Gasteiger charge is -2.11. The molecule has 0 aliphatic carbocycles. The predicted molar refractivity (Wildman–Crippen MR) is 99.9 cm³/mol. The Balaban J connectivity index is 1.71. The van der Waals surface area contributed by atoms with Gasteiger partial charge >= 0.3 is 0 Å². The van der Waals surface area contributed by atoms with E-state index in [1.807, 2.05) is 29.7 Å². The minimum absolute atomic E-state index is 0.114. The summed E-state index contributed by atoms with van der Waals surface area (Å²) in [4.78, 5) is 12.3. The largest absolute Gasteiger partial charge is 0.461 e. The fraction of sp³-hybridized carbons (Fsp3) is 0.412. The zero-order chi connectivity index (χ0) is 18.7. The average molecular weight is 374 g/mol. The summed E-state index contributed by atoms with van der Waals surface area (Å²) < 4.78 is 9.10. The van der Waals surface area contributed by atoms with Gasteiger partial charge in [-0.3, -0.25) is 14.0 Å². The first-order valence-corrected chi connectivity index (χ1v) is 9.33. The maximum Gasteiger partial charge on any atom is 0.235 e.